The van der Waals surface area contributed by atoms with Crippen molar-refractivity contribution in [3.63, 3.8) is 0 Å². The predicted octanol–water partition coefficient (Wildman–Crippen LogP) is 2.35. The molecule has 2 heteroatoms. The lowest BCUT2D eigenvalue weighted by Gasteiger charge is -2.15. The average Bonchev–Trinajstić information content (AvgIpc) is 1.97. The molecule has 11 heavy (non-hydrogen) atoms. The Labute approximate surface area is 69.2 Å². The second kappa shape index (κ2) is 6.18. The molecule has 0 saturated carbocycles. The molecule has 0 heterocycles. The predicted molar refractivity (Wildman–Crippen MR) is 45.1 cm³/mol. The minimum atomic E-state index is 0.227. The molecule has 0 aliphatic carbocycles. The van der Waals surface area contributed by atoms with Crippen LogP contribution in [0, 0.1) is 17.2 Å². The topological polar surface area (TPSA) is 33.0 Å². The zero-order valence-electron chi connectivity index (χ0n) is 7.63. The van der Waals surface area contributed by atoms with Crippen LogP contribution in [0.4, 0.5) is 0 Å². The summed E-state index contributed by atoms with van der Waals surface area (Å²) in [5, 5.41) is 8.27. The summed E-state index contributed by atoms with van der Waals surface area (Å²) in [7, 11) is 0. The van der Waals surface area contributed by atoms with Gasteiger partial charge in [0.05, 0.1) is 12.2 Å². The van der Waals surface area contributed by atoms with Crippen molar-refractivity contribution < 1.29 is 4.74 Å². The molecule has 1 atom stereocenters. The summed E-state index contributed by atoms with van der Waals surface area (Å²) in [6.07, 6.45) is 2.33. The molecule has 0 bridgehead atoms. The highest BCUT2D eigenvalue weighted by Gasteiger charge is 2.07. The smallest absolute Gasteiger partial charge is 0.134 e. The van der Waals surface area contributed by atoms with Crippen LogP contribution in [0.25, 0.3) is 0 Å². The summed E-state index contributed by atoms with van der Waals surface area (Å²) >= 11 is 0. The summed E-state index contributed by atoms with van der Waals surface area (Å²) in [6, 6.07) is 1.98. The van der Waals surface area contributed by atoms with Crippen molar-refractivity contribution >= 4 is 0 Å². The zero-order chi connectivity index (χ0) is 8.69. The Morgan fingerprint density at radius 1 is 1.45 bits per heavy atom. The lowest BCUT2D eigenvalue weighted by molar-refractivity contribution is 0.0584. The van der Waals surface area contributed by atoms with Gasteiger partial charge in [-0.25, -0.2) is 0 Å². The summed E-state index contributed by atoms with van der Waals surface area (Å²) in [6.45, 7) is 6.65. The van der Waals surface area contributed by atoms with E-state index < -0.39 is 0 Å². The molecular weight excluding hydrogens is 138 g/mol. The van der Waals surface area contributed by atoms with E-state index >= 15 is 0 Å². The van der Waals surface area contributed by atoms with Gasteiger partial charge in [-0.15, -0.1) is 0 Å². The van der Waals surface area contributed by atoms with Gasteiger partial charge in [0.1, 0.15) is 6.61 Å². The molecule has 0 radical (unpaired) electrons. The Hall–Kier alpha value is -0.550. The van der Waals surface area contributed by atoms with Crippen molar-refractivity contribution in [1.82, 2.24) is 0 Å². The third kappa shape index (κ3) is 5.87. The molecule has 0 saturated heterocycles. The monoisotopic (exact) mass is 155 g/mol. The molecule has 0 rings (SSSR count). The fourth-order valence-corrected chi connectivity index (χ4v) is 1.03. The largest absolute Gasteiger partial charge is 0.363 e. The van der Waals surface area contributed by atoms with Gasteiger partial charge >= 0.3 is 0 Å². The number of rotatable bonds is 5. The first-order chi connectivity index (χ1) is 5.20. The van der Waals surface area contributed by atoms with Crippen LogP contribution in [0.3, 0.4) is 0 Å². The van der Waals surface area contributed by atoms with E-state index in [2.05, 4.69) is 20.8 Å². The highest BCUT2D eigenvalue weighted by molar-refractivity contribution is 4.69. The second-order valence-electron chi connectivity index (χ2n) is 3.13. The number of hydrogen-bond donors (Lipinski definition) is 0. The molecule has 0 aromatic heterocycles. The van der Waals surface area contributed by atoms with Gasteiger partial charge in [-0.05, 0) is 18.8 Å². The van der Waals surface area contributed by atoms with Crippen LogP contribution >= 0.6 is 0 Å². The molecule has 0 amide bonds. The quantitative estimate of drug-likeness (QED) is 0.610. The molecule has 0 fully saturated rings. The van der Waals surface area contributed by atoms with Crippen LogP contribution < -0.4 is 0 Å². The van der Waals surface area contributed by atoms with E-state index in [9.17, 15) is 0 Å². The highest BCUT2D eigenvalue weighted by Crippen LogP contribution is 2.10. The van der Waals surface area contributed by atoms with E-state index in [1.807, 2.05) is 6.07 Å². The van der Waals surface area contributed by atoms with E-state index in [4.69, 9.17) is 10.00 Å². The Morgan fingerprint density at radius 2 is 2.09 bits per heavy atom. The van der Waals surface area contributed by atoms with Crippen LogP contribution in [-0.2, 0) is 4.74 Å². The first-order valence-electron chi connectivity index (χ1n) is 4.19. The molecule has 2 nitrogen and oxygen atoms in total. The van der Waals surface area contributed by atoms with E-state index in [0.717, 1.165) is 12.8 Å². The fraction of sp³-hybridized carbons (Fsp3) is 0.889. The van der Waals surface area contributed by atoms with Gasteiger partial charge < -0.3 is 4.74 Å². The van der Waals surface area contributed by atoms with E-state index in [-0.39, 0.29) is 12.7 Å². The SMILES string of the molecule is CCC(CC(C)C)OCC#N. The van der Waals surface area contributed by atoms with Crippen molar-refractivity contribution in [3.05, 3.63) is 0 Å². The number of nitriles is 1. The minimum absolute atomic E-state index is 0.227. The lowest BCUT2D eigenvalue weighted by Crippen LogP contribution is -2.14. The molecule has 0 aromatic carbocycles. The maximum absolute atomic E-state index is 8.27. The molecule has 1 unspecified atom stereocenters. The van der Waals surface area contributed by atoms with E-state index in [0.29, 0.717) is 5.92 Å². The molecule has 0 aliphatic heterocycles. The maximum atomic E-state index is 8.27. The van der Waals surface area contributed by atoms with Gasteiger partial charge in [0.2, 0.25) is 0 Å². The minimum Gasteiger partial charge on any atom is -0.363 e. The summed E-state index contributed by atoms with van der Waals surface area (Å²) in [5.41, 5.74) is 0. The normalized spacial score (nSPS) is 13.0. The Balaban J connectivity index is 3.51. The molecule has 0 N–H and O–H groups in total. The van der Waals surface area contributed by atoms with Crippen molar-refractivity contribution in [2.45, 2.75) is 39.7 Å². The van der Waals surface area contributed by atoms with Crippen LogP contribution in [-0.4, -0.2) is 12.7 Å². The molecule has 0 spiro atoms. The number of hydrogen-bond acceptors (Lipinski definition) is 2. The van der Waals surface area contributed by atoms with Crippen LogP contribution in [0.15, 0.2) is 0 Å². The summed E-state index contributed by atoms with van der Waals surface area (Å²) < 4.78 is 5.29. The fourth-order valence-electron chi connectivity index (χ4n) is 1.03. The highest BCUT2D eigenvalue weighted by atomic mass is 16.5. The van der Waals surface area contributed by atoms with E-state index in [1.54, 1.807) is 0 Å². The standard InChI is InChI=1S/C9H17NO/c1-4-9(7-8(2)3)11-6-5-10/h8-9H,4,6-7H2,1-3H3. The van der Waals surface area contributed by atoms with Gasteiger partial charge in [0.25, 0.3) is 0 Å². The third-order valence-electron chi connectivity index (χ3n) is 1.57. The van der Waals surface area contributed by atoms with Gasteiger partial charge in [0, 0.05) is 0 Å². The van der Waals surface area contributed by atoms with Crippen molar-refractivity contribution in [2.75, 3.05) is 6.61 Å². The average molecular weight is 155 g/mol. The second-order valence-corrected chi connectivity index (χ2v) is 3.13. The molecule has 0 aromatic rings. The van der Waals surface area contributed by atoms with Gasteiger partial charge in [-0.1, -0.05) is 20.8 Å². The summed E-state index contributed by atoms with van der Waals surface area (Å²) in [5.74, 6) is 0.652. The third-order valence-corrected chi connectivity index (χ3v) is 1.57. The van der Waals surface area contributed by atoms with Crippen LogP contribution in [0.2, 0.25) is 0 Å². The first kappa shape index (κ1) is 10.4. The molecule has 64 valence electrons. The summed E-state index contributed by atoms with van der Waals surface area (Å²) in [4.78, 5) is 0. The Kier molecular flexibility index (Phi) is 5.87. The van der Waals surface area contributed by atoms with Crippen LogP contribution in [0.1, 0.15) is 33.6 Å². The van der Waals surface area contributed by atoms with Crippen molar-refractivity contribution in [2.24, 2.45) is 5.92 Å². The van der Waals surface area contributed by atoms with Crippen molar-refractivity contribution in [3.8, 4) is 6.07 Å². The Morgan fingerprint density at radius 3 is 2.45 bits per heavy atom. The molecular formula is C9H17NO. The van der Waals surface area contributed by atoms with E-state index in [1.165, 1.54) is 0 Å². The number of nitrogens with zero attached hydrogens (tertiary/aromatic N) is 1. The van der Waals surface area contributed by atoms with Gasteiger partial charge in [-0.2, -0.15) is 5.26 Å². The lowest BCUT2D eigenvalue weighted by atomic mass is 10.0. The first-order valence-corrected chi connectivity index (χ1v) is 4.19. The van der Waals surface area contributed by atoms with Crippen LogP contribution in [0.5, 0.6) is 0 Å². The Bertz CT molecular complexity index is 126. The van der Waals surface area contributed by atoms with Gasteiger partial charge in [0.15, 0.2) is 0 Å². The maximum Gasteiger partial charge on any atom is 0.134 e. The van der Waals surface area contributed by atoms with Gasteiger partial charge in [-0.3, -0.25) is 0 Å². The van der Waals surface area contributed by atoms with Crippen molar-refractivity contribution in [1.29, 1.82) is 5.26 Å². The number of ether oxygens (including phenoxy) is 1. The molecule has 0 aliphatic rings. The zero-order valence-corrected chi connectivity index (χ0v) is 7.63.